The molecular formula is C13H12ClN3O3. The fourth-order valence-corrected chi connectivity index (χ4v) is 2.22. The van der Waals surface area contributed by atoms with Crippen molar-refractivity contribution in [2.24, 2.45) is 5.92 Å². The first-order chi connectivity index (χ1) is 9.49. The highest BCUT2D eigenvalue weighted by Gasteiger charge is 2.32. The number of nitriles is 1. The summed E-state index contributed by atoms with van der Waals surface area (Å²) >= 11 is 5.95. The molecule has 0 radical (unpaired) electrons. The van der Waals surface area contributed by atoms with E-state index in [9.17, 15) is 9.59 Å². The fraction of sp³-hybridized carbons (Fsp3) is 0.308. The van der Waals surface area contributed by atoms with E-state index in [1.54, 1.807) is 12.1 Å². The molecule has 1 aliphatic heterocycles. The Morgan fingerprint density at radius 3 is 2.75 bits per heavy atom. The molecule has 0 unspecified atom stereocenters. The van der Waals surface area contributed by atoms with Crippen LogP contribution in [-0.2, 0) is 4.79 Å². The predicted octanol–water partition coefficient (Wildman–Crippen LogP) is 2.15. The first-order valence-electron chi connectivity index (χ1n) is 5.97. The van der Waals surface area contributed by atoms with Gasteiger partial charge in [0.1, 0.15) is 0 Å². The average molecular weight is 294 g/mol. The summed E-state index contributed by atoms with van der Waals surface area (Å²) < 4.78 is 0. The molecule has 0 bridgehead atoms. The van der Waals surface area contributed by atoms with Gasteiger partial charge in [0, 0.05) is 19.0 Å². The molecule has 7 heteroatoms. The van der Waals surface area contributed by atoms with Gasteiger partial charge in [-0.1, -0.05) is 11.6 Å². The number of carboxylic acid groups (broad SMARTS) is 1. The lowest BCUT2D eigenvalue weighted by Crippen LogP contribution is -2.52. The van der Waals surface area contributed by atoms with E-state index in [2.05, 4.69) is 5.32 Å². The molecule has 20 heavy (non-hydrogen) atoms. The monoisotopic (exact) mass is 293 g/mol. The smallest absolute Gasteiger partial charge is 0.321 e. The SMILES string of the molecule is N#Cc1ccc(NC(=O)N2CC(CC(=O)O)C2)c(Cl)c1. The molecule has 6 nitrogen and oxygen atoms in total. The molecule has 0 saturated carbocycles. The van der Waals surface area contributed by atoms with Crippen molar-refractivity contribution in [2.45, 2.75) is 6.42 Å². The third-order valence-corrected chi connectivity index (χ3v) is 3.36. The summed E-state index contributed by atoms with van der Waals surface area (Å²) in [7, 11) is 0. The van der Waals surface area contributed by atoms with Gasteiger partial charge in [-0.3, -0.25) is 4.79 Å². The fourth-order valence-electron chi connectivity index (χ4n) is 1.99. The third-order valence-electron chi connectivity index (χ3n) is 3.05. The average Bonchev–Trinajstić information content (AvgIpc) is 2.35. The van der Waals surface area contributed by atoms with Crippen LogP contribution in [0.15, 0.2) is 18.2 Å². The molecule has 0 spiro atoms. The van der Waals surface area contributed by atoms with Crippen molar-refractivity contribution >= 4 is 29.3 Å². The van der Waals surface area contributed by atoms with Crippen molar-refractivity contribution in [1.29, 1.82) is 5.26 Å². The van der Waals surface area contributed by atoms with Crippen LogP contribution in [0.5, 0.6) is 0 Å². The second kappa shape index (κ2) is 5.80. The molecule has 1 aliphatic rings. The van der Waals surface area contributed by atoms with Gasteiger partial charge in [0.15, 0.2) is 0 Å². The van der Waals surface area contributed by atoms with E-state index < -0.39 is 5.97 Å². The van der Waals surface area contributed by atoms with Crippen LogP contribution < -0.4 is 5.32 Å². The Bertz CT molecular complexity index is 591. The molecule has 1 fully saturated rings. The predicted molar refractivity (Wildman–Crippen MR) is 72.5 cm³/mol. The summed E-state index contributed by atoms with van der Waals surface area (Å²) in [6.45, 7) is 0.845. The van der Waals surface area contributed by atoms with E-state index in [4.69, 9.17) is 22.0 Å². The van der Waals surface area contributed by atoms with Gasteiger partial charge in [0.05, 0.1) is 28.8 Å². The van der Waals surface area contributed by atoms with Gasteiger partial charge in [-0.2, -0.15) is 5.26 Å². The van der Waals surface area contributed by atoms with E-state index in [-0.39, 0.29) is 18.4 Å². The van der Waals surface area contributed by atoms with Crippen LogP contribution >= 0.6 is 11.6 Å². The summed E-state index contributed by atoms with van der Waals surface area (Å²) in [6, 6.07) is 6.23. The normalized spacial score (nSPS) is 14.3. The van der Waals surface area contributed by atoms with Crippen LogP contribution in [0.2, 0.25) is 5.02 Å². The highest BCUT2D eigenvalue weighted by molar-refractivity contribution is 6.33. The maximum atomic E-state index is 11.9. The zero-order valence-electron chi connectivity index (χ0n) is 10.5. The van der Waals surface area contributed by atoms with Gasteiger partial charge < -0.3 is 15.3 Å². The number of benzene rings is 1. The van der Waals surface area contributed by atoms with E-state index in [0.717, 1.165) is 0 Å². The number of anilines is 1. The number of likely N-dealkylation sites (tertiary alicyclic amines) is 1. The summed E-state index contributed by atoms with van der Waals surface area (Å²) in [4.78, 5) is 23.9. The van der Waals surface area contributed by atoms with Crippen molar-refractivity contribution < 1.29 is 14.7 Å². The summed E-state index contributed by atoms with van der Waals surface area (Å²) in [5.74, 6) is -0.847. The Hall–Kier alpha value is -2.26. The van der Waals surface area contributed by atoms with Gasteiger partial charge in [0.2, 0.25) is 0 Å². The minimum atomic E-state index is -0.856. The largest absolute Gasteiger partial charge is 0.481 e. The Morgan fingerprint density at radius 1 is 1.50 bits per heavy atom. The second-order valence-electron chi connectivity index (χ2n) is 4.61. The first kappa shape index (κ1) is 14.2. The summed E-state index contributed by atoms with van der Waals surface area (Å²) in [6.07, 6.45) is 0.0708. The minimum absolute atomic E-state index is 0.00897. The Balaban J connectivity index is 1.90. The molecular weight excluding hydrogens is 282 g/mol. The van der Waals surface area contributed by atoms with Crippen LogP contribution in [0.1, 0.15) is 12.0 Å². The molecule has 1 heterocycles. The molecule has 0 aromatic heterocycles. The number of carboxylic acids is 1. The van der Waals surface area contributed by atoms with Gasteiger partial charge in [0.25, 0.3) is 0 Å². The number of carbonyl (C=O) groups is 2. The van der Waals surface area contributed by atoms with Crippen molar-refractivity contribution in [3.63, 3.8) is 0 Å². The van der Waals surface area contributed by atoms with Crippen molar-refractivity contribution in [2.75, 3.05) is 18.4 Å². The van der Waals surface area contributed by atoms with Gasteiger partial charge >= 0.3 is 12.0 Å². The van der Waals surface area contributed by atoms with Crippen molar-refractivity contribution in [3.05, 3.63) is 28.8 Å². The van der Waals surface area contributed by atoms with Gasteiger partial charge in [-0.25, -0.2) is 4.79 Å². The number of nitrogens with one attached hydrogen (secondary N) is 1. The first-order valence-corrected chi connectivity index (χ1v) is 6.34. The second-order valence-corrected chi connectivity index (χ2v) is 5.01. The number of hydrogen-bond acceptors (Lipinski definition) is 3. The summed E-state index contributed by atoms with van der Waals surface area (Å²) in [5.41, 5.74) is 0.843. The van der Waals surface area contributed by atoms with Crippen LogP contribution in [0.25, 0.3) is 0 Å². The quantitative estimate of drug-likeness (QED) is 0.893. The maximum Gasteiger partial charge on any atom is 0.321 e. The number of carbonyl (C=O) groups excluding carboxylic acids is 1. The number of halogens is 1. The third kappa shape index (κ3) is 3.19. The number of aliphatic carboxylic acids is 1. The van der Waals surface area contributed by atoms with Crippen molar-refractivity contribution in [3.8, 4) is 6.07 Å². The Kier molecular flexibility index (Phi) is 4.11. The minimum Gasteiger partial charge on any atom is -0.481 e. The highest BCUT2D eigenvalue weighted by atomic mass is 35.5. The molecule has 1 aromatic carbocycles. The molecule has 0 atom stereocenters. The molecule has 1 saturated heterocycles. The molecule has 2 N–H and O–H groups in total. The zero-order chi connectivity index (χ0) is 14.7. The van der Waals surface area contributed by atoms with Gasteiger partial charge in [-0.15, -0.1) is 0 Å². The maximum absolute atomic E-state index is 11.9. The molecule has 2 rings (SSSR count). The molecule has 2 amide bonds. The molecule has 104 valence electrons. The number of amides is 2. The zero-order valence-corrected chi connectivity index (χ0v) is 11.2. The van der Waals surface area contributed by atoms with Crippen LogP contribution in [-0.4, -0.2) is 35.1 Å². The highest BCUT2D eigenvalue weighted by Crippen LogP contribution is 2.25. The van der Waals surface area contributed by atoms with Crippen LogP contribution in [0.3, 0.4) is 0 Å². The van der Waals surface area contributed by atoms with Gasteiger partial charge in [-0.05, 0) is 18.2 Å². The van der Waals surface area contributed by atoms with Crippen LogP contribution in [0.4, 0.5) is 10.5 Å². The van der Waals surface area contributed by atoms with E-state index in [1.807, 2.05) is 6.07 Å². The lowest BCUT2D eigenvalue weighted by molar-refractivity contribution is -0.139. The standard InChI is InChI=1S/C13H12ClN3O3/c14-10-3-8(5-15)1-2-11(10)16-13(20)17-6-9(7-17)4-12(18)19/h1-3,9H,4,6-7H2,(H,16,20)(H,18,19). The van der Waals surface area contributed by atoms with E-state index in [1.165, 1.54) is 11.0 Å². The van der Waals surface area contributed by atoms with E-state index >= 15 is 0 Å². The Labute approximate surface area is 120 Å². The Morgan fingerprint density at radius 2 is 2.20 bits per heavy atom. The van der Waals surface area contributed by atoms with Crippen LogP contribution in [0, 0.1) is 17.2 Å². The number of urea groups is 1. The van der Waals surface area contributed by atoms with Crippen molar-refractivity contribution in [1.82, 2.24) is 4.90 Å². The topological polar surface area (TPSA) is 93.4 Å². The lowest BCUT2D eigenvalue weighted by atomic mass is 9.97. The lowest BCUT2D eigenvalue weighted by Gasteiger charge is -2.38. The number of hydrogen-bond donors (Lipinski definition) is 2. The number of rotatable bonds is 3. The summed E-state index contributed by atoms with van der Waals surface area (Å²) in [5, 5.41) is 20.3. The molecule has 1 aromatic rings. The molecule has 0 aliphatic carbocycles. The van der Waals surface area contributed by atoms with E-state index in [0.29, 0.717) is 29.4 Å². The number of nitrogens with zero attached hydrogens (tertiary/aromatic N) is 2.